The largest absolute Gasteiger partial charge is 0.497 e. The molecule has 1 heterocycles. The van der Waals surface area contributed by atoms with Crippen LogP contribution in [-0.4, -0.2) is 7.11 Å². The number of benzene rings is 3. The Kier molecular flexibility index (Phi) is 4.98. The van der Waals surface area contributed by atoms with Crippen LogP contribution < -0.4 is 24.7 Å². The molecule has 0 aliphatic rings. The highest BCUT2D eigenvalue weighted by atomic mass is 32.1. The van der Waals surface area contributed by atoms with Gasteiger partial charge in [-0.05, 0) is 36.4 Å². The van der Waals surface area contributed by atoms with Gasteiger partial charge in [0.2, 0.25) is 5.69 Å². The zero-order chi connectivity index (χ0) is 18.5. The van der Waals surface area contributed by atoms with Crippen LogP contribution >= 0.6 is 11.3 Å². The average Bonchev–Trinajstić information content (AvgIpc) is 3.18. The van der Waals surface area contributed by atoms with E-state index in [1.807, 2.05) is 89.6 Å². The third-order valence-corrected chi connectivity index (χ3v) is 4.92. The SMILES string of the molecule is COc1ccc(-c2s/c(=N\Nc3ccccc3)[n-][n+]2-c2ccccc2)cc1. The number of nitrogens with zero attached hydrogens (tertiary/aromatic N) is 3. The van der Waals surface area contributed by atoms with Crippen LogP contribution in [0.15, 0.2) is 90.0 Å². The molecule has 0 spiro atoms. The zero-order valence-electron chi connectivity index (χ0n) is 14.7. The number of ether oxygens (including phenoxy) is 1. The summed E-state index contributed by atoms with van der Waals surface area (Å²) >= 11 is 1.52. The number of rotatable bonds is 5. The standard InChI is InChI=1S/C21H18N4OS/c1-26-19-14-12-16(13-15-19)20-25(18-10-6-3-7-11-18)24-21(27-20)23-22-17-8-4-2-5-9-17/h2-15,22H,1H3/b23-21-. The molecule has 0 radical (unpaired) electrons. The van der Waals surface area contributed by atoms with Crippen LogP contribution in [0.2, 0.25) is 0 Å². The lowest BCUT2D eigenvalue weighted by atomic mass is 10.2. The molecule has 0 saturated heterocycles. The lowest BCUT2D eigenvalue weighted by molar-refractivity contribution is -0.650. The van der Waals surface area contributed by atoms with E-state index in [2.05, 4.69) is 15.6 Å². The van der Waals surface area contributed by atoms with Crippen LogP contribution in [0.4, 0.5) is 5.69 Å². The first-order valence-electron chi connectivity index (χ1n) is 8.48. The quantitative estimate of drug-likeness (QED) is 0.429. The first-order valence-corrected chi connectivity index (χ1v) is 9.30. The van der Waals surface area contributed by atoms with Gasteiger partial charge >= 0.3 is 0 Å². The second kappa shape index (κ2) is 7.88. The highest BCUT2D eigenvalue weighted by molar-refractivity contribution is 7.11. The zero-order valence-corrected chi connectivity index (χ0v) is 15.6. The van der Waals surface area contributed by atoms with Crippen molar-refractivity contribution in [3.63, 3.8) is 0 Å². The summed E-state index contributed by atoms with van der Waals surface area (Å²) in [7, 11) is 1.66. The first kappa shape index (κ1) is 17.1. The molecule has 1 N–H and O–H groups in total. The normalized spacial score (nSPS) is 11.4. The molecule has 134 valence electrons. The van der Waals surface area contributed by atoms with Crippen molar-refractivity contribution in [1.29, 1.82) is 0 Å². The van der Waals surface area contributed by atoms with Crippen molar-refractivity contribution in [2.45, 2.75) is 0 Å². The highest BCUT2D eigenvalue weighted by Crippen LogP contribution is 2.22. The van der Waals surface area contributed by atoms with Crippen LogP contribution in [0.5, 0.6) is 5.75 Å². The summed E-state index contributed by atoms with van der Waals surface area (Å²) in [6.07, 6.45) is 0. The molecule has 3 aromatic carbocycles. The maximum atomic E-state index is 5.27. The Hall–Kier alpha value is -3.38. The number of hydrogen-bond donors (Lipinski definition) is 1. The fourth-order valence-electron chi connectivity index (χ4n) is 2.61. The maximum absolute atomic E-state index is 5.27. The number of aromatic nitrogens is 2. The lowest BCUT2D eigenvalue weighted by Crippen LogP contribution is -2.39. The summed E-state index contributed by atoms with van der Waals surface area (Å²) < 4.78 is 7.18. The Labute approximate surface area is 161 Å². The number of anilines is 1. The number of nitrogens with one attached hydrogen (secondary N) is 1. The van der Waals surface area contributed by atoms with E-state index in [9.17, 15) is 0 Å². The minimum Gasteiger partial charge on any atom is -0.497 e. The van der Waals surface area contributed by atoms with Gasteiger partial charge in [-0.1, -0.05) is 47.7 Å². The van der Waals surface area contributed by atoms with Gasteiger partial charge in [0, 0.05) is 17.8 Å². The molecular weight excluding hydrogens is 356 g/mol. The molecule has 0 bridgehead atoms. The Balaban J connectivity index is 1.77. The summed E-state index contributed by atoms with van der Waals surface area (Å²) in [4.78, 5) is 0.647. The number of para-hydroxylation sites is 2. The molecule has 1 aromatic heterocycles. The molecule has 0 unspecified atom stereocenters. The molecule has 0 aliphatic carbocycles. The van der Waals surface area contributed by atoms with E-state index >= 15 is 0 Å². The number of methoxy groups -OCH3 is 1. The summed E-state index contributed by atoms with van der Waals surface area (Å²) in [6.45, 7) is 0. The van der Waals surface area contributed by atoms with E-state index in [-0.39, 0.29) is 0 Å². The molecule has 0 atom stereocenters. The van der Waals surface area contributed by atoms with Crippen LogP contribution in [0.25, 0.3) is 16.3 Å². The molecule has 0 aliphatic heterocycles. The van der Waals surface area contributed by atoms with Gasteiger partial charge < -0.3 is 15.3 Å². The summed E-state index contributed by atoms with van der Waals surface area (Å²) in [5.74, 6) is 0.824. The van der Waals surface area contributed by atoms with Crippen molar-refractivity contribution in [2.75, 3.05) is 12.5 Å². The van der Waals surface area contributed by atoms with Gasteiger partial charge in [-0.2, -0.15) is 5.10 Å². The molecule has 5 nitrogen and oxygen atoms in total. The average molecular weight is 374 g/mol. The van der Waals surface area contributed by atoms with Gasteiger partial charge in [-0.15, -0.1) is 4.68 Å². The van der Waals surface area contributed by atoms with Crippen LogP contribution in [0.1, 0.15) is 0 Å². The van der Waals surface area contributed by atoms with Crippen molar-refractivity contribution < 1.29 is 9.42 Å². The lowest BCUT2D eigenvalue weighted by Gasteiger charge is -2.02. The fourth-order valence-corrected chi connectivity index (χ4v) is 3.48. The van der Waals surface area contributed by atoms with Crippen molar-refractivity contribution in [2.24, 2.45) is 5.10 Å². The molecule has 27 heavy (non-hydrogen) atoms. The Morgan fingerprint density at radius 1 is 0.889 bits per heavy atom. The van der Waals surface area contributed by atoms with Crippen LogP contribution in [0, 0.1) is 0 Å². The molecular formula is C21H18N4OS. The van der Waals surface area contributed by atoms with Crippen LogP contribution in [0.3, 0.4) is 0 Å². The first-order chi connectivity index (χ1) is 13.3. The molecule has 4 aromatic rings. The summed E-state index contributed by atoms with van der Waals surface area (Å²) in [5, 5.41) is 10.1. The minimum absolute atomic E-state index is 0.647. The Morgan fingerprint density at radius 2 is 1.56 bits per heavy atom. The van der Waals surface area contributed by atoms with Gasteiger partial charge in [0.15, 0.2) is 0 Å². The van der Waals surface area contributed by atoms with E-state index in [0.29, 0.717) is 4.80 Å². The van der Waals surface area contributed by atoms with Crippen molar-refractivity contribution in [3.05, 3.63) is 89.7 Å². The number of hydrogen-bond acceptors (Lipinski definition) is 4. The predicted molar refractivity (Wildman–Crippen MR) is 107 cm³/mol. The van der Waals surface area contributed by atoms with E-state index in [1.165, 1.54) is 11.3 Å². The van der Waals surface area contributed by atoms with Crippen molar-refractivity contribution in [3.8, 4) is 22.0 Å². The van der Waals surface area contributed by atoms with Gasteiger partial charge in [-0.25, -0.2) is 0 Å². The molecule has 0 saturated carbocycles. The molecule has 0 amide bonds. The van der Waals surface area contributed by atoms with Crippen LogP contribution in [-0.2, 0) is 0 Å². The van der Waals surface area contributed by atoms with E-state index in [0.717, 1.165) is 27.7 Å². The summed E-state index contributed by atoms with van der Waals surface area (Å²) in [5.41, 5.74) is 6.02. The second-order valence-electron chi connectivity index (χ2n) is 5.76. The smallest absolute Gasteiger partial charge is 0.282 e. The molecule has 6 heteroatoms. The van der Waals surface area contributed by atoms with Crippen molar-refractivity contribution in [1.82, 2.24) is 5.10 Å². The van der Waals surface area contributed by atoms with Crippen molar-refractivity contribution >= 4 is 17.0 Å². The Bertz CT molecular complexity index is 1070. The highest BCUT2D eigenvalue weighted by Gasteiger charge is 2.17. The fraction of sp³-hybridized carbons (Fsp3) is 0.0476. The minimum atomic E-state index is 0.647. The molecule has 0 fully saturated rings. The van der Waals surface area contributed by atoms with E-state index in [1.54, 1.807) is 7.11 Å². The topological polar surface area (TPSA) is 51.6 Å². The van der Waals surface area contributed by atoms with Gasteiger partial charge in [0.05, 0.1) is 17.5 Å². The third-order valence-electron chi connectivity index (χ3n) is 3.96. The molecule has 4 rings (SSSR count). The van der Waals surface area contributed by atoms with E-state index < -0.39 is 0 Å². The second-order valence-corrected chi connectivity index (χ2v) is 6.71. The van der Waals surface area contributed by atoms with E-state index in [4.69, 9.17) is 4.74 Å². The monoisotopic (exact) mass is 374 g/mol. The van der Waals surface area contributed by atoms with Gasteiger partial charge in [0.1, 0.15) is 5.75 Å². The summed E-state index contributed by atoms with van der Waals surface area (Å²) in [6, 6.07) is 27.8. The predicted octanol–water partition coefficient (Wildman–Crippen LogP) is 3.59. The van der Waals surface area contributed by atoms with Gasteiger partial charge in [0.25, 0.3) is 5.01 Å². The van der Waals surface area contributed by atoms with Gasteiger partial charge in [-0.3, -0.25) is 0 Å². The third kappa shape index (κ3) is 3.91. The Morgan fingerprint density at radius 3 is 2.22 bits per heavy atom. The maximum Gasteiger partial charge on any atom is 0.282 e.